The molecule has 0 spiro atoms. The molecule has 0 atom stereocenters. The molecule has 0 fully saturated rings. The van der Waals surface area contributed by atoms with E-state index in [-0.39, 0.29) is 5.95 Å². The lowest BCUT2D eigenvalue weighted by atomic mass is 10.2. The molecule has 0 radical (unpaired) electrons. The summed E-state index contributed by atoms with van der Waals surface area (Å²) in [6, 6.07) is 7.56. The van der Waals surface area contributed by atoms with Crippen molar-refractivity contribution in [3.8, 4) is 0 Å². The van der Waals surface area contributed by atoms with Crippen LogP contribution in [0.5, 0.6) is 0 Å². The average molecular weight is 264 g/mol. The first-order chi connectivity index (χ1) is 8.65. The third kappa shape index (κ3) is 3.30. The van der Waals surface area contributed by atoms with Gasteiger partial charge in [-0.05, 0) is 12.1 Å². The lowest BCUT2D eigenvalue weighted by Crippen LogP contribution is -2.22. The molecule has 0 aliphatic carbocycles. The molecule has 18 heavy (non-hydrogen) atoms. The van der Waals surface area contributed by atoms with Crippen LogP contribution >= 0.6 is 11.6 Å². The van der Waals surface area contributed by atoms with E-state index in [2.05, 4.69) is 15.0 Å². The van der Waals surface area contributed by atoms with Crippen molar-refractivity contribution in [2.75, 3.05) is 24.2 Å². The smallest absolute Gasteiger partial charge is 0.223 e. The van der Waals surface area contributed by atoms with Crippen molar-refractivity contribution >= 4 is 23.4 Å². The van der Waals surface area contributed by atoms with Crippen molar-refractivity contribution in [2.24, 2.45) is 0 Å². The van der Waals surface area contributed by atoms with Crippen molar-refractivity contribution in [1.29, 1.82) is 0 Å². The molecule has 2 aromatic heterocycles. The van der Waals surface area contributed by atoms with Gasteiger partial charge in [-0.1, -0.05) is 17.7 Å². The predicted octanol–water partition coefficient (Wildman–Crippen LogP) is 1.79. The van der Waals surface area contributed by atoms with Gasteiger partial charge in [-0.2, -0.15) is 4.98 Å². The third-order valence-corrected chi connectivity index (χ3v) is 2.71. The van der Waals surface area contributed by atoms with Crippen LogP contribution in [0, 0.1) is 0 Å². The second kappa shape index (κ2) is 5.64. The number of pyridine rings is 1. The molecule has 0 saturated heterocycles. The number of likely N-dealkylation sites (N-methyl/N-ethyl adjacent to an activating group) is 1. The Labute approximate surface area is 111 Å². The normalized spacial score (nSPS) is 10.3. The maximum absolute atomic E-state index is 5.84. The molecule has 0 aliphatic rings. The maximum atomic E-state index is 5.84. The Morgan fingerprint density at radius 3 is 2.83 bits per heavy atom. The first-order valence-electron chi connectivity index (χ1n) is 5.56. The fourth-order valence-corrected chi connectivity index (χ4v) is 1.75. The molecule has 0 amide bonds. The quantitative estimate of drug-likeness (QED) is 0.852. The Bertz CT molecular complexity index is 497. The van der Waals surface area contributed by atoms with Gasteiger partial charge in [0, 0.05) is 38.0 Å². The molecule has 0 aliphatic heterocycles. The van der Waals surface area contributed by atoms with Gasteiger partial charge in [0.05, 0.1) is 0 Å². The van der Waals surface area contributed by atoms with Gasteiger partial charge in [0.15, 0.2) is 0 Å². The minimum absolute atomic E-state index is 0.183. The number of hydrogen-bond acceptors (Lipinski definition) is 5. The number of aromatic nitrogens is 3. The lowest BCUT2D eigenvalue weighted by Gasteiger charge is -2.18. The fourth-order valence-electron chi connectivity index (χ4n) is 1.56. The summed E-state index contributed by atoms with van der Waals surface area (Å²) in [7, 11) is 1.93. The van der Waals surface area contributed by atoms with Gasteiger partial charge in [0.1, 0.15) is 11.0 Å². The Balaban J connectivity index is 2.01. The van der Waals surface area contributed by atoms with E-state index in [1.54, 1.807) is 12.3 Å². The highest BCUT2D eigenvalue weighted by Crippen LogP contribution is 2.15. The molecule has 0 bridgehead atoms. The maximum Gasteiger partial charge on any atom is 0.223 e. The van der Waals surface area contributed by atoms with E-state index in [0.717, 1.165) is 18.7 Å². The van der Waals surface area contributed by atoms with Crippen LogP contribution in [-0.2, 0) is 6.42 Å². The summed E-state index contributed by atoms with van der Waals surface area (Å²) >= 11 is 5.84. The van der Waals surface area contributed by atoms with Gasteiger partial charge in [-0.3, -0.25) is 4.98 Å². The summed E-state index contributed by atoms with van der Waals surface area (Å²) in [5, 5.41) is 0.349. The highest BCUT2D eigenvalue weighted by atomic mass is 35.5. The van der Waals surface area contributed by atoms with E-state index < -0.39 is 0 Å². The van der Waals surface area contributed by atoms with E-state index in [1.807, 2.05) is 30.1 Å². The van der Waals surface area contributed by atoms with Crippen LogP contribution < -0.4 is 10.6 Å². The van der Waals surface area contributed by atoms with Crippen LogP contribution in [0.1, 0.15) is 5.69 Å². The summed E-state index contributed by atoms with van der Waals surface area (Å²) in [6.07, 6.45) is 2.62. The first-order valence-corrected chi connectivity index (χ1v) is 5.94. The van der Waals surface area contributed by atoms with E-state index in [0.29, 0.717) is 11.0 Å². The van der Waals surface area contributed by atoms with Crippen molar-refractivity contribution in [2.45, 2.75) is 6.42 Å². The first kappa shape index (κ1) is 12.6. The van der Waals surface area contributed by atoms with Gasteiger partial charge in [0.2, 0.25) is 5.95 Å². The van der Waals surface area contributed by atoms with Crippen LogP contribution in [-0.4, -0.2) is 28.5 Å². The molecule has 2 N–H and O–H groups in total. The number of hydrogen-bond donors (Lipinski definition) is 1. The monoisotopic (exact) mass is 263 g/mol. The van der Waals surface area contributed by atoms with Crippen molar-refractivity contribution in [3.05, 3.63) is 41.3 Å². The van der Waals surface area contributed by atoms with Crippen molar-refractivity contribution in [3.63, 3.8) is 0 Å². The largest absolute Gasteiger partial charge is 0.368 e. The zero-order valence-electron chi connectivity index (χ0n) is 10.0. The summed E-state index contributed by atoms with van der Waals surface area (Å²) in [4.78, 5) is 14.2. The highest BCUT2D eigenvalue weighted by molar-refractivity contribution is 6.29. The van der Waals surface area contributed by atoms with E-state index in [4.69, 9.17) is 17.3 Å². The van der Waals surface area contributed by atoms with Crippen LogP contribution in [0.3, 0.4) is 0 Å². The second-order valence-corrected chi connectivity index (χ2v) is 4.29. The average Bonchev–Trinajstić information content (AvgIpc) is 2.36. The summed E-state index contributed by atoms with van der Waals surface area (Å²) in [5.41, 5.74) is 6.60. The Morgan fingerprint density at radius 1 is 1.33 bits per heavy atom. The van der Waals surface area contributed by atoms with E-state index in [1.165, 1.54) is 0 Å². The summed E-state index contributed by atoms with van der Waals surface area (Å²) < 4.78 is 0. The molecule has 6 heteroatoms. The molecular formula is C12H14ClN5. The molecular weight excluding hydrogens is 250 g/mol. The number of halogens is 1. The summed E-state index contributed by atoms with van der Waals surface area (Å²) in [5.74, 6) is 0.894. The number of nitrogens with two attached hydrogens (primary N) is 1. The van der Waals surface area contributed by atoms with E-state index in [9.17, 15) is 0 Å². The van der Waals surface area contributed by atoms with Gasteiger partial charge in [0.25, 0.3) is 0 Å². The number of nitrogen functional groups attached to an aromatic ring is 1. The molecule has 2 aromatic rings. The predicted molar refractivity (Wildman–Crippen MR) is 72.7 cm³/mol. The van der Waals surface area contributed by atoms with Gasteiger partial charge >= 0.3 is 0 Å². The number of rotatable bonds is 4. The van der Waals surface area contributed by atoms with Gasteiger partial charge in [-0.15, -0.1) is 0 Å². The molecule has 0 saturated carbocycles. The Hall–Kier alpha value is -1.88. The van der Waals surface area contributed by atoms with Crippen LogP contribution in [0.15, 0.2) is 30.5 Å². The minimum Gasteiger partial charge on any atom is -0.368 e. The minimum atomic E-state index is 0.183. The van der Waals surface area contributed by atoms with Crippen molar-refractivity contribution in [1.82, 2.24) is 15.0 Å². The van der Waals surface area contributed by atoms with Gasteiger partial charge in [-0.25, -0.2) is 4.98 Å². The van der Waals surface area contributed by atoms with Crippen molar-refractivity contribution < 1.29 is 0 Å². The Morgan fingerprint density at radius 2 is 2.17 bits per heavy atom. The third-order valence-electron chi connectivity index (χ3n) is 2.52. The molecule has 2 heterocycles. The molecule has 0 unspecified atom stereocenters. The number of anilines is 2. The number of nitrogens with zero attached hydrogens (tertiary/aromatic N) is 4. The zero-order valence-corrected chi connectivity index (χ0v) is 10.8. The standard InChI is InChI=1S/C12H14ClN5/c1-18(7-5-9-4-2-3-6-15-9)11-8-10(13)16-12(14)17-11/h2-4,6,8H,5,7H2,1H3,(H2,14,16,17). The fraction of sp³-hybridized carbons (Fsp3) is 0.250. The SMILES string of the molecule is CN(CCc1ccccn1)c1cc(Cl)nc(N)n1. The van der Waals surface area contributed by atoms with Crippen LogP contribution in [0.4, 0.5) is 11.8 Å². The van der Waals surface area contributed by atoms with Gasteiger partial charge < -0.3 is 10.6 Å². The molecule has 5 nitrogen and oxygen atoms in total. The van der Waals surface area contributed by atoms with E-state index >= 15 is 0 Å². The molecule has 94 valence electrons. The van der Waals surface area contributed by atoms with Crippen LogP contribution in [0.25, 0.3) is 0 Å². The topological polar surface area (TPSA) is 67.9 Å². The molecule has 2 rings (SSSR count). The molecule has 0 aromatic carbocycles. The van der Waals surface area contributed by atoms with Crippen LogP contribution in [0.2, 0.25) is 5.15 Å². The highest BCUT2D eigenvalue weighted by Gasteiger charge is 2.06. The zero-order chi connectivity index (χ0) is 13.0. The summed E-state index contributed by atoms with van der Waals surface area (Å²) in [6.45, 7) is 0.782. The second-order valence-electron chi connectivity index (χ2n) is 3.90. The Kier molecular flexibility index (Phi) is 3.94. The lowest BCUT2D eigenvalue weighted by molar-refractivity contribution is 0.837.